The number of likely N-dealkylation sites (tertiary alicyclic amines) is 1. The quantitative estimate of drug-likeness (QED) is 0.443. The highest BCUT2D eigenvalue weighted by molar-refractivity contribution is 6.06. The number of anilines is 1. The van der Waals surface area contributed by atoms with E-state index in [0.29, 0.717) is 36.2 Å². The number of carbonyl (C=O) groups excluding carboxylic acids is 1. The summed E-state index contributed by atoms with van der Waals surface area (Å²) >= 11 is 0. The molecule has 3 aromatic rings. The summed E-state index contributed by atoms with van der Waals surface area (Å²) in [6.07, 6.45) is -2.77. The largest absolute Gasteiger partial charge is 0.451 e. The van der Waals surface area contributed by atoms with Crippen molar-refractivity contribution in [2.45, 2.75) is 44.0 Å². The smallest absolute Gasteiger partial charge is 0.375 e. The van der Waals surface area contributed by atoms with Gasteiger partial charge in [-0.15, -0.1) is 0 Å². The van der Waals surface area contributed by atoms with Crippen LogP contribution in [-0.4, -0.2) is 77.1 Å². The van der Waals surface area contributed by atoms with Crippen molar-refractivity contribution >= 4 is 22.6 Å². The zero-order chi connectivity index (χ0) is 28.5. The molecule has 0 saturated carbocycles. The zero-order valence-corrected chi connectivity index (χ0v) is 21.8. The van der Waals surface area contributed by atoms with Crippen molar-refractivity contribution in [3.8, 4) is 0 Å². The summed E-state index contributed by atoms with van der Waals surface area (Å²) in [5, 5.41) is 3.40. The molecule has 2 aliphatic heterocycles. The highest BCUT2D eigenvalue weighted by Gasteiger charge is 2.39. The second kappa shape index (κ2) is 11.2. The molecule has 0 aliphatic carbocycles. The number of ether oxygens (including phenoxy) is 1. The number of nitrogens with zero attached hydrogens (tertiary/aromatic N) is 5. The summed E-state index contributed by atoms with van der Waals surface area (Å²) in [5.74, 6) is -3.96. The maximum absolute atomic E-state index is 14.3. The number of rotatable bonds is 6. The molecule has 0 radical (unpaired) electrons. The lowest BCUT2D eigenvalue weighted by molar-refractivity contribution is -0.145. The molecule has 2 aromatic heterocycles. The number of morpholine rings is 1. The van der Waals surface area contributed by atoms with Gasteiger partial charge in [-0.25, -0.2) is 23.7 Å². The van der Waals surface area contributed by atoms with Gasteiger partial charge in [-0.05, 0) is 44.2 Å². The molecule has 214 valence electrons. The third kappa shape index (κ3) is 6.30. The molecule has 1 amide bonds. The van der Waals surface area contributed by atoms with Gasteiger partial charge in [-0.3, -0.25) is 9.69 Å². The van der Waals surface area contributed by atoms with E-state index in [1.807, 2.05) is 19.1 Å². The number of pyridine rings is 1. The predicted molar refractivity (Wildman–Crippen MR) is 137 cm³/mol. The van der Waals surface area contributed by atoms with Crippen LogP contribution in [0.15, 0.2) is 42.7 Å². The number of piperidine rings is 1. The minimum absolute atomic E-state index is 0.0752. The number of hydrogen-bond donors (Lipinski definition) is 1. The Hall–Kier alpha value is -3.45. The number of aromatic nitrogens is 3. The third-order valence-corrected chi connectivity index (χ3v) is 7.16. The zero-order valence-electron chi connectivity index (χ0n) is 21.8. The fourth-order valence-electron chi connectivity index (χ4n) is 5.21. The molecular formula is C27H29F5N6O2. The molecule has 40 heavy (non-hydrogen) atoms. The molecule has 2 unspecified atom stereocenters. The van der Waals surface area contributed by atoms with Crippen LogP contribution in [0.3, 0.4) is 0 Å². The summed E-state index contributed by atoms with van der Waals surface area (Å²) in [7, 11) is 0. The van der Waals surface area contributed by atoms with Crippen molar-refractivity contribution in [1.82, 2.24) is 25.2 Å². The molecule has 2 atom stereocenters. The van der Waals surface area contributed by atoms with Crippen molar-refractivity contribution < 1.29 is 31.5 Å². The Morgan fingerprint density at radius 3 is 2.65 bits per heavy atom. The molecule has 2 aliphatic rings. The lowest BCUT2D eigenvalue weighted by Crippen LogP contribution is -2.47. The van der Waals surface area contributed by atoms with Gasteiger partial charge in [0.15, 0.2) is 0 Å². The van der Waals surface area contributed by atoms with Crippen LogP contribution in [0.1, 0.15) is 47.6 Å². The lowest BCUT2D eigenvalue weighted by Gasteiger charge is -2.38. The summed E-state index contributed by atoms with van der Waals surface area (Å²) in [4.78, 5) is 28.4. The first kappa shape index (κ1) is 28.1. The van der Waals surface area contributed by atoms with Crippen LogP contribution >= 0.6 is 0 Å². The minimum atomic E-state index is -4.73. The van der Waals surface area contributed by atoms with E-state index in [9.17, 15) is 26.7 Å². The maximum atomic E-state index is 14.3. The summed E-state index contributed by atoms with van der Waals surface area (Å²) < 4.78 is 73.1. The van der Waals surface area contributed by atoms with Gasteiger partial charge in [0, 0.05) is 55.0 Å². The van der Waals surface area contributed by atoms with Crippen molar-refractivity contribution in [2.75, 3.05) is 44.2 Å². The number of nitrogens with one attached hydrogen (secondary N) is 1. The van der Waals surface area contributed by atoms with Crippen LogP contribution < -0.4 is 10.2 Å². The van der Waals surface area contributed by atoms with Crippen LogP contribution in [0.2, 0.25) is 0 Å². The van der Waals surface area contributed by atoms with Crippen LogP contribution in [0, 0.1) is 0 Å². The number of hydrogen-bond acceptors (Lipinski definition) is 7. The van der Waals surface area contributed by atoms with Gasteiger partial charge in [0.2, 0.25) is 5.82 Å². The molecule has 2 fully saturated rings. The monoisotopic (exact) mass is 564 g/mol. The number of carbonyl (C=O) groups is 1. The highest BCUT2D eigenvalue weighted by atomic mass is 19.4. The average molecular weight is 565 g/mol. The number of amides is 1. The molecule has 1 aromatic carbocycles. The number of halogens is 5. The van der Waals surface area contributed by atoms with Gasteiger partial charge in [0.05, 0.1) is 30.8 Å². The number of fused-ring (bicyclic) bond motifs is 1. The van der Waals surface area contributed by atoms with Gasteiger partial charge in [-0.2, -0.15) is 13.2 Å². The number of benzene rings is 1. The van der Waals surface area contributed by atoms with Gasteiger partial charge in [-0.1, -0.05) is 6.07 Å². The molecular weight excluding hydrogens is 535 g/mol. The normalized spacial score (nSPS) is 20.9. The Kier molecular flexibility index (Phi) is 7.87. The van der Waals surface area contributed by atoms with E-state index >= 15 is 0 Å². The van der Waals surface area contributed by atoms with Crippen LogP contribution in [-0.2, 0) is 10.9 Å². The molecule has 0 bridgehead atoms. The van der Waals surface area contributed by atoms with Crippen LogP contribution in [0.5, 0.6) is 0 Å². The Bertz CT molecular complexity index is 1350. The van der Waals surface area contributed by atoms with E-state index in [1.165, 1.54) is 4.90 Å². The van der Waals surface area contributed by atoms with Crippen LogP contribution in [0.4, 0.5) is 27.8 Å². The summed E-state index contributed by atoms with van der Waals surface area (Å²) in [5.41, 5.74) is 1.17. The summed E-state index contributed by atoms with van der Waals surface area (Å²) in [6.45, 7) is 3.56. The topological polar surface area (TPSA) is 83.5 Å². The lowest BCUT2D eigenvalue weighted by atomic mass is 10.0. The molecule has 13 heteroatoms. The first-order chi connectivity index (χ1) is 19.0. The fraction of sp³-hybridized carbons (Fsp3) is 0.481. The molecule has 8 nitrogen and oxygen atoms in total. The van der Waals surface area contributed by atoms with E-state index in [2.05, 4.69) is 20.2 Å². The van der Waals surface area contributed by atoms with E-state index < -0.39 is 36.4 Å². The van der Waals surface area contributed by atoms with E-state index in [-0.39, 0.29) is 37.6 Å². The average Bonchev–Trinajstić information content (AvgIpc) is 2.91. The second-order valence-electron chi connectivity index (χ2n) is 10.2. The van der Waals surface area contributed by atoms with Gasteiger partial charge < -0.3 is 15.0 Å². The third-order valence-electron chi connectivity index (χ3n) is 7.16. The van der Waals surface area contributed by atoms with E-state index in [4.69, 9.17) is 9.72 Å². The Morgan fingerprint density at radius 2 is 1.95 bits per heavy atom. The Morgan fingerprint density at radius 1 is 1.18 bits per heavy atom. The maximum Gasteiger partial charge on any atom is 0.451 e. The predicted octanol–water partition coefficient (Wildman–Crippen LogP) is 4.47. The van der Waals surface area contributed by atoms with Crippen LogP contribution in [0.25, 0.3) is 10.9 Å². The highest BCUT2D eigenvalue weighted by Crippen LogP contribution is 2.33. The van der Waals surface area contributed by atoms with Gasteiger partial charge in [0.1, 0.15) is 5.82 Å². The van der Waals surface area contributed by atoms with Crippen molar-refractivity contribution in [2.24, 2.45) is 0 Å². The molecule has 0 spiro atoms. The SMILES string of the molecule is CC1CN(c2ccc3c(C(=O)NCC(c4cnc(C(F)(F)F)nc4)N4CCCC(F)(F)C4)cccc3n2)CCO1. The standard InChI is InChI=1S/C27H29F5N6O2/c1-17-15-37(10-11-40-17)23-7-6-19-20(4-2-5-21(19)36-23)24(39)33-14-22(38-9-3-8-26(28,29)16-38)18-12-34-25(35-13-18)27(30,31)32/h2,4-7,12-13,17,22H,3,8-11,14-16H2,1H3,(H,33,39). The minimum Gasteiger partial charge on any atom is -0.375 e. The Balaban J connectivity index is 1.37. The van der Waals surface area contributed by atoms with Crippen molar-refractivity contribution in [3.63, 3.8) is 0 Å². The first-order valence-electron chi connectivity index (χ1n) is 13.1. The van der Waals surface area contributed by atoms with Gasteiger partial charge >= 0.3 is 6.18 Å². The van der Waals surface area contributed by atoms with E-state index in [1.54, 1.807) is 18.2 Å². The Labute approximate surface area is 227 Å². The summed E-state index contributed by atoms with van der Waals surface area (Å²) in [6, 6.07) is 7.97. The van der Waals surface area contributed by atoms with Gasteiger partial charge in [0.25, 0.3) is 11.8 Å². The van der Waals surface area contributed by atoms with E-state index in [0.717, 1.165) is 18.2 Å². The first-order valence-corrected chi connectivity index (χ1v) is 13.1. The molecule has 5 rings (SSSR count). The second-order valence-corrected chi connectivity index (χ2v) is 10.2. The molecule has 4 heterocycles. The molecule has 2 saturated heterocycles. The van der Waals surface area contributed by atoms with Crippen molar-refractivity contribution in [1.29, 1.82) is 0 Å². The fourth-order valence-corrected chi connectivity index (χ4v) is 5.21. The molecule has 1 N–H and O–H groups in total. The van der Waals surface area contributed by atoms with Crippen molar-refractivity contribution in [3.05, 3.63) is 59.7 Å². The number of alkyl halides is 5.